The molecule has 1 unspecified atom stereocenters. The van der Waals surface area contributed by atoms with E-state index in [1.165, 1.54) is 18.0 Å². The zero-order valence-corrected chi connectivity index (χ0v) is 15.2. The minimum atomic E-state index is -1.23. The number of aliphatic hydroxyl groups excluding tert-OH is 3. The quantitative estimate of drug-likeness (QED) is 0.371. The minimum absolute atomic E-state index is 0.0340. The highest BCUT2D eigenvalue weighted by molar-refractivity contribution is 7.60. The highest BCUT2D eigenvalue weighted by Crippen LogP contribution is 2.32. The molecule has 2 aromatic rings. The lowest BCUT2D eigenvalue weighted by Gasteiger charge is -2.16. The van der Waals surface area contributed by atoms with Gasteiger partial charge in [0, 0.05) is 36.7 Å². The van der Waals surface area contributed by atoms with E-state index < -0.39 is 37.5 Å². The van der Waals surface area contributed by atoms with E-state index in [1.807, 2.05) is 0 Å². The van der Waals surface area contributed by atoms with Crippen LogP contribution in [-0.4, -0.2) is 103 Å². The lowest BCUT2D eigenvalue weighted by molar-refractivity contribution is -0.0511. The van der Waals surface area contributed by atoms with E-state index in [0.717, 1.165) is 0 Å². The predicted molar refractivity (Wildman–Crippen MR) is 106 cm³/mol. The monoisotopic (exact) mass is 375 g/mol. The van der Waals surface area contributed by atoms with Crippen LogP contribution in [0.1, 0.15) is 12.1 Å². The van der Waals surface area contributed by atoms with Crippen molar-refractivity contribution in [1.82, 2.24) is 19.5 Å². The molecule has 0 spiro atoms. The minimum Gasteiger partial charge on any atom is -0.463 e. The van der Waals surface area contributed by atoms with Gasteiger partial charge < -0.3 is 24.8 Å². The maximum Gasteiger partial charge on any atom is 0.246 e. The number of fused-ring (bicyclic) bond motifs is 1. The number of rotatable bonds is 5. The summed E-state index contributed by atoms with van der Waals surface area (Å²) >= 11 is 0. The van der Waals surface area contributed by atoms with Crippen LogP contribution in [0.25, 0.3) is 11.2 Å². The highest BCUT2D eigenvalue weighted by atomic mass is 16.6. The van der Waals surface area contributed by atoms with Crippen molar-refractivity contribution in [3.05, 3.63) is 12.2 Å². The second-order valence-corrected chi connectivity index (χ2v) is 5.89. The van der Waals surface area contributed by atoms with Gasteiger partial charge in [0.25, 0.3) is 0 Å². The Morgan fingerprint density at radius 3 is 2.61 bits per heavy atom. The van der Waals surface area contributed by atoms with E-state index in [0.29, 0.717) is 17.0 Å². The van der Waals surface area contributed by atoms with E-state index in [4.69, 9.17) is 39.1 Å². The molecule has 0 bridgehead atoms. The molecule has 1 saturated heterocycles. The van der Waals surface area contributed by atoms with Crippen molar-refractivity contribution in [2.45, 2.75) is 31.5 Å². The Balaban J connectivity index is 0.000000500. The van der Waals surface area contributed by atoms with Crippen molar-refractivity contribution >= 4 is 47.8 Å². The Labute approximate surface area is 167 Å². The zero-order valence-electron chi connectivity index (χ0n) is 15.2. The lowest BCUT2D eigenvalue weighted by Crippen LogP contribution is -2.33. The fraction of sp³-hybridized carbons (Fsp3) is 0.500. The van der Waals surface area contributed by atoms with E-state index >= 15 is 0 Å². The molecule has 0 saturated carbocycles. The van der Waals surface area contributed by atoms with Gasteiger partial charge in [0.05, 0.1) is 12.9 Å². The van der Waals surface area contributed by atoms with E-state index in [-0.39, 0.29) is 12.5 Å². The predicted octanol–water partition coefficient (Wildman–Crippen LogP) is -3.15. The average molecular weight is 374 g/mol. The fourth-order valence-corrected chi connectivity index (χ4v) is 2.50. The molecule has 14 heteroatoms. The SMILES string of the molecule is C#CCOc1nc(C)nc2c1ncn2[C@@H]1O[C@H](CO)C(O)[C@@H]1O.[B][B]B([B])[B]. The van der Waals surface area contributed by atoms with E-state index in [2.05, 4.69) is 20.9 Å². The second-order valence-electron chi connectivity index (χ2n) is 5.89. The summed E-state index contributed by atoms with van der Waals surface area (Å²) in [6, 6.07) is 0. The van der Waals surface area contributed by atoms with Crippen molar-refractivity contribution in [3.8, 4) is 18.2 Å². The normalized spacial score (nSPS) is 23.5. The summed E-state index contributed by atoms with van der Waals surface area (Å²) < 4.78 is 12.3. The number of terminal acetylenes is 1. The lowest BCUT2D eigenvalue weighted by atomic mass is 8.97. The van der Waals surface area contributed by atoms with Gasteiger partial charge in [0.15, 0.2) is 24.0 Å². The number of aryl methyl sites for hydroxylation is 1. The van der Waals surface area contributed by atoms with Crippen molar-refractivity contribution in [2.75, 3.05) is 13.2 Å². The molecule has 0 aliphatic carbocycles. The number of aliphatic hydroxyl groups is 3. The van der Waals surface area contributed by atoms with Crippen molar-refractivity contribution in [1.29, 1.82) is 0 Å². The summed E-state index contributed by atoms with van der Waals surface area (Å²) in [5.74, 6) is 3.01. The first kappa shape index (κ1) is 22.4. The average Bonchev–Trinajstić information content (AvgIpc) is 3.21. The number of hydrogen-bond acceptors (Lipinski definition) is 8. The zero-order chi connectivity index (χ0) is 20.8. The summed E-state index contributed by atoms with van der Waals surface area (Å²) in [5.41, 5.74) is 0.739. The van der Waals surface area contributed by atoms with Gasteiger partial charge in [-0.2, -0.15) is 4.98 Å². The van der Waals surface area contributed by atoms with E-state index in [9.17, 15) is 15.3 Å². The van der Waals surface area contributed by atoms with Gasteiger partial charge in [0.1, 0.15) is 24.1 Å². The highest BCUT2D eigenvalue weighted by Gasteiger charge is 2.44. The van der Waals surface area contributed by atoms with Crippen LogP contribution >= 0.6 is 0 Å². The molecular formula is C14H16B5N4O5. The topological polar surface area (TPSA) is 123 Å². The van der Waals surface area contributed by atoms with Gasteiger partial charge >= 0.3 is 0 Å². The molecule has 2 aromatic heterocycles. The summed E-state index contributed by atoms with van der Waals surface area (Å²) in [5, 5.41) is 29.2. The number of aromatic nitrogens is 4. The third-order valence-corrected chi connectivity index (χ3v) is 3.81. The molecule has 0 aromatic carbocycles. The first-order chi connectivity index (χ1) is 13.3. The number of nitrogens with zero attached hydrogens (tertiary/aromatic N) is 4. The summed E-state index contributed by atoms with van der Waals surface area (Å²) in [4.78, 5) is 12.6. The summed E-state index contributed by atoms with van der Waals surface area (Å²) in [6.07, 6.45) is 1.88. The van der Waals surface area contributed by atoms with Crippen LogP contribution in [0.15, 0.2) is 6.33 Å². The summed E-state index contributed by atoms with van der Waals surface area (Å²) in [6.45, 7) is 1.30. The van der Waals surface area contributed by atoms with Gasteiger partial charge in [-0.05, 0) is 6.92 Å². The molecule has 1 fully saturated rings. The molecule has 3 heterocycles. The Morgan fingerprint density at radius 1 is 1.39 bits per heavy atom. The largest absolute Gasteiger partial charge is 0.463 e. The fourth-order valence-electron chi connectivity index (χ4n) is 2.50. The third kappa shape index (κ3) is 4.91. The molecule has 1 aliphatic heterocycles. The molecule has 0 amide bonds. The maximum absolute atomic E-state index is 10.1. The Kier molecular flexibility index (Phi) is 8.01. The van der Waals surface area contributed by atoms with Crippen LogP contribution < -0.4 is 4.74 Å². The van der Waals surface area contributed by atoms with Crippen molar-refractivity contribution in [3.63, 3.8) is 0 Å². The van der Waals surface area contributed by atoms with Crippen molar-refractivity contribution in [2.24, 2.45) is 0 Å². The van der Waals surface area contributed by atoms with Gasteiger partial charge in [-0.15, -0.1) is 6.42 Å². The third-order valence-electron chi connectivity index (χ3n) is 3.81. The molecule has 28 heavy (non-hydrogen) atoms. The van der Waals surface area contributed by atoms with Gasteiger partial charge in [-0.25, -0.2) is 9.97 Å². The van der Waals surface area contributed by atoms with Crippen molar-refractivity contribution < 1.29 is 24.8 Å². The van der Waals surface area contributed by atoms with Crippen LogP contribution in [-0.2, 0) is 4.74 Å². The first-order valence-electron chi connectivity index (χ1n) is 8.30. The smallest absolute Gasteiger partial charge is 0.246 e. The maximum atomic E-state index is 10.1. The van der Waals surface area contributed by atoms with Crippen LogP contribution in [0.2, 0.25) is 0 Å². The molecular weight excluding hydrogens is 358 g/mol. The molecule has 3 rings (SSSR count). The first-order valence-corrected chi connectivity index (χ1v) is 8.30. The molecule has 137 valence electrons. The molecule has 9 nitrogen and oxygen atoms in total. The molecule has 3 N–H and O–H groups in total. The number of ether oxygens (including phenoxy) is 2. The van der Waals surface area contributed by atoms with Crippen LogP contribution in [0.3, 0.4) is 0 Å². The summed E-state index contributed by atoms with van der Waals surface area (Å²) in [7, 11) is 15.8. The Morgan fingerprint density at radius 2 is 2.07 bits per heavy atom. The van der Waals surface area contributed by atoms with Gasteiger partial charge in [-0.3, -0.25) is 4.57 Å². The van der Waals surface area contributed by atoms with E-state index in [1.54, 1.807) is 6.92 Å². The number of imidazole rings is 1. The van der Waals surface area contributed by atoms with Gasteiger partial charge in [-0.1, -0.05) is 5.92 Å². The van der Waals surface area contributed by atoms with Gasteiger partial charge in [0.2, 0.25) is 5.88 Å². The molecule has 7 radical (unpaired) electrons. The molecule has 4 atom stereocenters. The second kappa shape index (κ2) is 10.0. The van der Waals surface area contributed by atoms with Crippen LogP contribution in [0.4, 0.5) is 0 Å². The van der Waals surface area contributed by atoms with Crippen LogP contribution in [0, 0.1) is 19.3 Å². The Bertz CT molecular complexity index is 832. The van der Waals surface area contributed by atoms with Crippen LogP contribution in [0.5, 0.6) is 5.88 Å². The standard InChI is InChI=1S/C14H16N4O5.B5/c1-3-4-22-13-9-12(16-7(2)17-13)18(6-15-9)14-11(21)10(20)8(5-19)23-14;1-4-5(2)3/h1,6,8,10-11,14,19-21H,4-5H2,2H3;/t8-,10?,11+,14-;/m1./s1. The Hall–Kier alpha value is -1.93. The molecule has 1 aliphatic rings. The number of hydrogen-bond donors (Lipinski definition) is 3.